The average molecular weight is 369 g/mol. The highest BCUT2D eigenvalue weighted by Crippen LogP contribution is 2.40. The van der Waals surface area contributed by atoms with Crippen LogP contribution in [0.25, 0.3) is 0 Å². The number of nitrogens with zero attached hydrogens (tertiary/aromatic N) is 4. The standard InChI is InChI=1S/C19H23N5OS/c1-19(6-3-7-19)23-17-16-15(5-9-26(16)25)21-18(22-17)24-11-14(12-24)13-4-2-8-20-10-13/h2,4,8,10,14H,3,5-7,9,11-12H2,1H3,(H,21,22,23)/t26-/m1/s1. The molecule has 26 heavy (non-hydrogen) atoms. The molecular weight excluding hydrogens is 346 g/mol. The van der Waals surface area contributed by atoms with Crippen molar-refractivity contribution >= 4 is 22.9 Å². The SMILES string of the molecule is CC1(Nc2nc(N3CC(c4cccnc4)C3)nc3c2[S@+]([O-])CC3)CCC1. The molecule has 1 aliphatic carbocycles. The quantitative estimate of drug-likeness (QED) is 0.835. The maximum atomic E-state index is 12.5. The van der Waals surface area contributed by atoms with Crippen LogP contribution in [0.3, 0.4) is 0 Å². The lowest BCUT2D eigenvalue weighted by Crippen LogP contribution is -2.46. The minimum Gasteiger partial charge on any atom is -0.611 e. The molecule has 1 N–H and O–H groups in total. The lowest BCUT2D eigenvalue weighted by molar-refractivity contribution is 0.305. The van der Waals surface area contributed by atoms with Gasteiger partial charge in [-0.15, -0.1) is 0 Å². The molecule has 5 rings (SSSR count). The van der Waals surface area contributed by atoms with E-state index in [0.717, 1.165) is 54.7 Å². The zero-order chi connectivity index (χ0) is 17.7. The highest BCUT2D eigenvalue weighted by Gasteiger charge is 2.39. The molecule has 0 spiro atoms. The second kappa shape index (κ2) is 6.09. The van der Waals surface area contributed by atoms with Crippen LogP contribution in [0.2, 0.25) is 0 Å². The molecule has 1 saturated carbocycles. The number of rotatable bonds is 4. The first-order chi connectivity index (χ1) is 12.6. The Hall–Kier alpha value is -1.86. The van der Waals surface area contributed by atoms with E-state index >= 15 is 0 Å². The van der Waals surface area contributed by atoms with Crippen LogP contribution in [-0.2, 0) is 17.6 Å². The van der Waals surface area contributed by atoms with Gasteiger partial charge in [0.2, 0.25) is 10.8 Å². The summed E-state index contributed by atoms with van der Waals surface area (Å²) in [7, 11) is 0. The second-order valence-corrected chi connectivity index (χ2v) is 9.38. The van der Waals surface area contributed by atoms with Crippen LogP contribution in [-0.4, -0.2) is 43.9 Å². The Morgan fingerprint density at radius 1 is 1.31 bits per heavy atom. The molecule has 7 heteroatoms. The molecule has 0 bridgehead atoms. The van der Waals surface area contributed by atoms with Crippen LogP contribution in [0.5, 0.6) is 0 Å². The predicted molar refractivity (Wildman–Crippen MR) is 102 cm³/mol. The summed E-state index contributed by atoms with van der Waals surface area (Å²) in [6.07, 6.45) is 8.05. The molecule has 136 valence electrons. The van der Waals surface area contributed by atoms with E-state index in [1.807, 2.05) is 18.5 Å². The van der Waals surface area contributed by atoms with Crippen molar-refractivity contribution in [3.05, 3.63) is 35.8 Å². The third-order valence-electron chi connectivity index (χ3n) is 5.87. The molecule has 2 fully saturated rings. The Morgan fingerprint density at radius 2 is 2.15 bits per heavy atom. The minimum absolute atomic E-state index is 0.0827. The van der Waals surface area contributed by atoms with Gasteiger partial charge in [0.1, 0.15) is 11.4 Å². The topological polar surface area (TPSA) is 77.0 Å². The van der Waals surface area contributed by atoms with Crippen molar-refractivity contribution in [1.82, 2.24) is 15.0 Å². The fourth-order valence-electron chi connectivity index (χ4n) is 4.00. The van der Waals surface area contributed by atoms with Crippen molar-refractivity contribution in [3.8, 4) is 0 Å². The van der Waals surface area contributed by atoms with E-state index in [1.54, 1.807) is 0 Å². The third kappa shape index (κ3) is 2.74. The summed E-state index contributed by atoms with van der Waals surface area (Å²) in [6.45, 7) is 4.04. The van der Waals surface area contributed by atoms with Gasteiger partial charge in [-0.3, -0.25) is 4.98 Å². The number of fused-ring (bicyclic) bond motifs is 1. The van der Waals surface area contributed by atoms with Gasteiger partial charge in [0.05, 0.1) is 0 Å². The largest absolute Gasteiger partial charge is 0.611 e. The Labute approximate surface area is 156 Å². The maximum absolute atomic E-state index is 12.5. The molecular formula is C19H23N5OS. The van der Waals surface area contributed by atoms with Crippen molar-refractivity contribution in [3.63, 3.8) is 0 Å². The van der Waals surface area contributed by atoms with Gasteiger partial charge in [-0.25, -0.2) is 4.98 Å². The first-order valence-electron chi connectivity index (χ1n) is 9.34. The van der Waals surface area contributed by atoms with Gasteiger partial charge in [0.15, 0.2) is 5.82 Å². The van der Waals surface area contributed by atoms with Gasteiger partial charge in [0.25, 0.3) is 0 Å². The fourth-order valence-corrected chi connectivity index (χ4v) is 5.30. The van der Waals surface area contributed by atoms with Gasteiger partial charge < -0.3 is 14.8 Å². The molecule has 6 nitrogen and oxygen atoms in total. The van der Waals surface area contributed by atoms with Crippen LogP contribution in [0.15, 0.2) is 29.4 Å². The summed E-state index contributed by atoms with van der Waals surface area (Å²) >= 11 is -0.978. The van der Waals surface area contributed by atoms with Crippen molar-refractivity contribution in [2.75, 3.05) is 29.1 Å². The Kier molecular flexibility index (Phi) is 3.83. The third-order valence-corrected chi connectivity index (χ3v) is 7.33. The van der Waals surface area contributed by atoms with E-state index in [9.17, 15) is 4.55 Å². The number of nitrogens with one attached hydrogen (secondary N) is 1. The molecule has 0 radical (unpaired) electrons. The predicted octanol–water partition coefficient (Wildman–Crippen LogP) is 2.49. The van der Waals surface area contributed by atoms with Crippen molar-refractivity contribution in [2.24, 2.45) is 0 Å². The molecule has 0 unspecified atom stereocenters. The number of hydrogen-bond acceptors (Lipinski definition) is 6. The fraction of sp³-hybridized carbons (Fsp3) is 0.526. The highest BCUT2D eigenvalue weighted by molar-refractivity contribution is 7.91. The van der Waals surface area contributed by atoms with Gasteiger partial charge in [0, 0.05) is 43.4 Å². The van der Waals surface area contributed by atoms with Gasteiger partial charge in [-0.2, -0.15) is 4.98 Å². The van der Waals surface area contributed by atoms with E-state index in [0.29, 0.717) is 11.7 Å². The molecule has 4 heterocycles. The normalized spacial score (nSPS) is 23.9. The number of aryl methyl sites for hydroxylation is 1. The Balaban J connectivity index is 1.40. The van der Waals surface area contributed by atoms with Gasteiger partial charge in [-0.05, 0) is 49.0 Å². The van der Waals surface area contributed by atoms with Crippen molar-refractivity contribution in [1.29, 1.82) is 0 Å². The Morgan fingerprint density at radius 3 is 2.85 bits per heavy atom. The first kappa shape index (κ1) is 16.3. The maximum Gasteiger partial charge on any atom is 0.227 e. The molecule has 3 aliphatic rings. The van der Waals surface area contributed by atoms with Gasteiger partial charge in [-0.1, -0.05) is 6.07 Å². The zero-order valence-corrected chi connectivity index (χ0v) is 15.8. The van der Waals surface area contributed by atoms with Crippen molar-refractivity contribution in [2.45, 2.75) is 49.0 Å². The van der Waals surface area contributed by atoms with E-state index < -0.39 is 11.2 Å². The molecule has 2 aliphatic heterocycles. The lowest BCUT2D eigenvalue weighted by atomic mass is 9.78. The first-order valence-corrected chi connectivity index (χ1v) is 10.7. The van der Waals surface area contributed by atoms with Crippen LogP contribution >= 0.6 is 0 Å². The number of aromatic nitrogens is 3. The molecule has 1 atom stereocenters. The van der Waals surface area contributed by atoms with Crippen molar-refractivity contribution < 1.29 is 4.55 Å². The lowest BCUT2D eigenvalue weighted by Gasteiger charge is -2.41. The molecule has 0 amide bonds. The average Bonchev–Trinajstić information content (AvgIpc) is 2.94. The van der Waals surface area contributed by atoms with E-state index in [-0.39, 0.29) is 5.54 Å². The van der Waals surface area contributed by atoms with E-state index in [2.05, 4.69) is 28.2 Å². The van der Waals surface area contributed by atoms with E-state index in [1.165, 1.54) is 12.0 Å². The van der Waals surface area contributed by atoms with E-state index in [4.69, 9.17) is 9.97 Å². The Bertz CT molecular complexity index is 820. The smallest absolute Gasteiger partial charge is 0.227 e. The summed E-state index contributed by atoms with van der Waals surface area (Å²) in [6, 6.07) is 4.12. The molecule has 1 saturated heterocycles. The second-order valence-electron chi connectivity index (χ2n) is 7.88. The van der Waals surface area contributed by atoms with Crippen LogP contribution in [0.4, 0.5) is 11.8 Å². The number of anilines is 2. The molecule has 2 aromatic heterocycles. The summed E-state index contributed by atoms with van der Waals surface area (Å²) < 4.78 is 12.5. The monoisotopic (exact) mass is 369 g/mol. The zero-order valence-electron chi connectivity index (χ0n) is 14.9. The minimum atomic E-state index is -0.978. The molecule has 0 aromatic carbocycles. The number of hydrogen-bond donors (Lipinski definition) is 1. The van der Waals surface area contributed by atoms with Crippen LogP contribution in [0, 0.1) is 0 Å². The summed E-state index contributed by atoms with van der Waals surface area (Å²) in [4.78, 5) is 16.8. The van der Waals surface area contributed by atoms with Gasteiger partial charge >= 0.3 is 0 Å². The van der Waals surface area contributed by atoms with Crippen LogP contribution in [0.1, 0.15) is 43.4 Å². The molecule has 2 aromatic rings. The summed E-state index contributed by atoms with van der Waals surface area (Å²) in [5.74, 6) is 2.72. The highest BCUT2D eigenvalue weighted by atomic mass is 32.2. The van der Waals surface area contributed by atoms with Crippen LogP contribution < -0.4 is 10.2 Å². The summed E-state index contributed by atoms with van der Waals surface area (Å²) in [5.41, 5.74) is 2.31. The summed E-state index contributed by atoms with van der Waals surface area (Å²) in [5, 5.41) is 3.59. The number of pyridine rings is 1.